The number of oxazole rings is 1. The van der Waals surface area contributed by atoms with E-state index in [1.807, 2.05) is 30.3 Å². The van der Waals surface area contributed by atoms with Gasteiger partial charge in [-0.25, -0.2) is 4.98 Å². The van der Waals surface area contributed by atoms with E-state index in [0.29, 0.717) is 40.3 Å². The van der Waals surface area contributed by atoms with Gasteiger partial charge in [0.05, 0.1) is 11.8 Å². The van der Waals surface area contributed by atoms with Gasteiger partial charge < -0.3 is 19.6 Å². The molecule has 0 fully saturated rings. The second kappa shape index (κ2) is 8.84. The van der Waals surface area contributed by atoms with E-state index in [0.717, 1.165) is 5.56 Å². The lowest BCUT2D eigenvalue weighted by molar-refractivity contribution is 0.102. The first kappa shape index (κ1) is 20.3. The van der Waals surface area contributed by atoms with Crippen LogP contribution < -0.4 is 10.1 Å². The number of nitrogens with zero attached hydrogens (tertiary/aromatic N) is 2. The minimum atomic E-state index is -0.307. The molecule has 0 spiro atoms. The van der Waals surface area contributed by atoms with E-state index in [1.54, 1.807) is 54.9 Å². The van der Waals surface area contributed by atoms with Gasteiger partial charge >= 0.3 is 0 Å². The Morgan fingerprint density at radius 3 is 2.73 bits per heavy atom. The van der Waals surface area contributed by atoms with E-state index in [4.69, 9.17) is 9.15 Å². The van der Waals surface area contributed by atoms with Gasteiger partial charge in [-0.2, -0.15) is 0 Å². The summed E-state index contributed by atoms with van der Waals surface area (Å²) in [6.07, 6.45) is 3.18. The zero-order valence-electron chi connectivity index (χ0n) is 17.4. The van der Waals surface area contributed by atoms with E-state index in [-0.39, 0.29) is 17.5 Å². The fraction of sp³-hybridized carbons (Fsp3) is 0.0385. The van der Waals surface area contributed by atoms with Crippen LogP contribution in [0.1, 0.15) is 15.9 Å². The van der Waals surface area contributed by atoms with Crippen LogP contribution >= 0.6 is 0 Å². The summed E-state index contributed by atoms with van der Waals surface area (Å²) in [6, 6.07) is 23.2. The van der Waals surface area contributed by atoms with E-state index in [2.05, 4.69) is 15.3 Å². The number of amides is 1. The second-order valence-electron chi connectivity index (χ2n) is 7.35. The number of carbonyl (C=O) groups excluding carboxylic acids is 1. The molecule has 1 amide bonds. The Bertz CT molecular complexity index is 1400. The number of ether oxygens (including phenoxy) is 1. The second-order valence-corrected chi connectivity index (χ2v) is 7.35. The molecule has 0 bridgehead atoms. The summed E-state index contributed by atoms with van der Waals surface area (Å²) in [6.45, 7) is 0.410. The topological polar surface area (TPSA) is 97.5 Å². The number of aromatic nitrogens is 2. The molecule has 7 nitrogen and oxygen atoms in total. The van der Waals surface area contributed by atoms with Gasteiger partial charge in [0.2, 0.25) is 5.89 Å². The number of nitrogens with one attached hydrogen (secondary N) is 1. The molecule has 0 saturated carbocycles. The monoisotopic (exact) mass is 437 g/mol. The Labute approximate surface area is 189 Å². The van der Waals surface area contributed by atoms with Gasteiger partial charge in [0.25, 0.3) is 5.91 Å². The maximum atomic E-state index is 12.8. The maximum Gasteiger partial charge on any atom is 0.255 e. The molecule has 0 radical (unpaired) electrons. The average Bonchev–Trinajstić information content (AvgIpc) is 3.29. The summed E-state index contributed by atoms with van der Waals surface area (Å²) in [5.74, 6) is 0.517. The molecule has 0 atom stereocenters. The highest BCUT2D eigenvalue weighted by molar-refractivity contribution is 6.04. The summed E-state index contributed by atoms with van der Waals surface area (Å²) in [7, 11) is 0. The van der Waals surface area contributed by atoms with Gasteiger partial charge in [-0.1, -0.05) is 36.4 Å². The summed E-state index contributed by atoms with van der Waals surface area (Å²) >= 11 is 0. The SMILES string of the molecule is O=C(Nc1ccc(O)c(-c2nc3cnccc3o2)c1)c1cccc(OCc2ccccc2)c1. The molecular formula is C26H19N3O4. The van der Waals surface area contributed by atoms with Gasteiger partial charge in [0, 0.05) is 23.5 Å². The van der Waals surface area contributed by atoms with Crippen LogP contribution in [0.5, 0.6) is 11.5 Å². The van der Waals surface area contributed by atoms with Crippen molar-refractivity contribution in [3.05, 3.63) is 102 Å². The number of hydrogen-bond acceptors (Lipinski definition) is 6. The van der Waals surface area contributed by atoms with Crippen LogP contribution in [0.3, 0.4) is 0 Å². The number of hydrogen-bond donors (Lipinski definition) is 2. The van der Waals surface area contributed by atoms with Crippen LogP contribution in [-0.2, 0) is 6.61 Å². The van der Waals surface area contributed by atoms with E-state index < -0.39 is 0 Å². The predicted molar refractivity (Wildman–Crippen MR) is 124 cm³/mol. The van der Waals surface area contributed by atoms with E-state index in [9.17, 15) is 9.90 Å². The smallest absolute Gasteiger partial charge is 0.255 e. The Balaban J connectivity index is 1.33. The lowest BCUT2D eigenvalue weighted by Gasteiger charge is -2.10. The fourth-order valence-corrected chi connectivity index (χ4v) is 3.35. The number of phenolic OH excluding ortho intramolecular Hbond substituents is 1. The molecule has 3 aromatic carbocycles. The van der Waals surface area contributed by atoms with Crippen molar-refractivity contribution < 1.29 is 19.1 Å². The highest BCUT2D eigenvalue weighted by Crippen LogP contribution is 2.33. The number of rotatable bonds is 6. The zero-order chi connectivity index (χ0) is 22.6. The van der Waals surface area contributed by atoms with Crippen LogP contribution in [0.15, 0.2) is 95.7 Å². The van der Waals surface area contributed by atoms with Crippen molar-refractivity contribution in [2.24, 2.45) is 0 Å². The molecule has 0 aliphatic carbocycles. The molecule has 0 aliphatic rings. The first-order valence-corrected chi connectivity index (χ1v) is 10.3. The van der Waals surface area contributed by atoms with Crippen molar-refractivity contribution in [2.45, 2.75) is 6.61 Å². The number of carbonyl (C=O) groups is 1. The predicted octanol–water partition coefficient (Wildman–Crippen LogP) is 5.43. The molecule has 162 valence electrons. The van der Waals surface area contributed by atoms with Crippen LogP contribution in [0.2, 0.25) is 0 Å². The van der Waals surface area contributed by atoms with Gasteiger partial charge in [0.1, 0.15) is 23.6 Å². The highest BCUT2D eigenvalue weighted by atomic mass is 16.5. The number of phenols is 1. The molecule has 0 unspecified atom stereocenters. The summed E-state index contributed by atoms with van der Waals surface area (Å²) in [5, 5.41) is 13.2. The molecule has 5 rings (SSSR count). The number of aromatic hydroxyl groups is 1. The van der Waals surface area contributed by atoms with Gasteiger partial charge in [-0.05, 0) is 42.0 Å². The minimum Gasteiger partial charge on any atom is -0.507 e. The van der Waals surface area contributed by atoms with Gasteiger partial charge in [-0.15, -0.1) is 0 Å². The molecule has 5 aromatic rings. The first-order valence-electron chi connectivity index (χ1n) is 10.3. The third-order valence-electron chi connectivity index (χ3n) is 5.02. The number of benzene rings is 3. The molecule has 2 aromatic heterocycles. The number of fused-ring (bicyclic) bond motifs is 1. The Morgan fingerprint density at radius 2 is 1.88 bits per heavy atom. The van der Waals surface area contributed by atoms with Crippen molar-refractivity contribution >= 4 is 22.7 Å². The van der Waals surface area contributed by atoms with Crippen LogP contribution in [0.25, 0.3) is 22.6 Å². The van der Waals surface area contributed by atoms with Crippen LogP contribution in [-0.4, -0.2) is 21.0 Å². The summed E-state index contributed by atoms with van der Waals surface area (Å²) in [4.78, 5) is 21.2. The maximum absolute atomic E-state index is 12.8. The van der Waals surface area contributed by atoms with Crippen molar-refractivity contribution in [1.82, 2.24) is 9.97 Å². The van der Waals surface area contributed by atoms with E-state index >= 15 is 0 Å². The standard InChI is InChI=1S/C26H19N3O4/c30-23-10-9-19(14-21(23)26-29-22-15-27-12-11-24(22)33-26)28-25(31)18-7-4-8-20(13-18)32-16-17-5-2-1-3-6-17/h1-15,30H,16H2,(H,28,31). The highest BCUT2D eigenvalue weighted by Gasteiger charge is 2.15. The Kier molecular flexibility index (Phi) is 5.43. The lowest BCUT2D eigenvalue weighted by atomic mass is 10.1. The minimum absolute atomic E-state index is 0.0103. The molecule has 0 saturated heterocycles. The largest absolute Gasteiger partial charge is 0.507 e. The quantitative estimate of drug-likeness (QED) is 0.344. The van der Waals surface area contributed by atoms with Crippen molar-refractivity contribution in [3.8, 4) is 23.0 Å². The lowest BCUT2D eigenvalue weighted by Crippen LogP contribution is -2.12. The first-order chi connectivity index (χ1) is 16.2. The molecule has 0 aliphatic heterocycles. The molecule has 2 N–H and O–H groups in total. The zero-order valence-corrected chi connectivity index (χ0v) is 17.4. The van der Waals surface area contributed by atoms with E-state index in [1.165, 1.54) is 6.07 Å². The van der Waals surface area contributed by atoms with Crippen molar-refractivity contribution in [1.29, 1.82) is 0 Å². The molecule has 7 heteroatoms. The summed E-state index contributed by atoms with van der Waals surface area (Å²) < 4.78 is 11.5. The van der Waals surface area contributed by atoms with Crippen LogP contribution in [0, 0.1) is 0 Å². The van der Waals surface area contributed by atoms with Crippen LogP contribution in [0.4, 0.5) is 5.69 Å². The Morgan fingerprint density at radius 1 is 1.00 bits per heavy atom. The Hall–Kier alpha value is -4.65. The average molecular weight is 437 g/mol. The summed E-state index contributed by atoms with van der Waals surface area (Å²) in [5.41, 5.74) is 3.48. The number of anilines is 1. The molecule has 2 heterocycles. The number of pyridine rings is 1. The van der Waals surface area contributed by atoms with Crippen molar-refractivity contribution in [2.75, 3.05) is 5.32 Å². The van der Waals surface area contributed by atoms with Gasteiger partial charge in [-0.3, -0.25) is 9.78 Å². The third kappa shape index (κ3) is 4.52. The normalized spacial score (nSPS) is 10.8. The third-order valence-corrected chi connectivity index (χ3v) is 5.02. The fourth-order valence-electron chi connectivity index (χ4n) is 3.35. The van der Waals surface area contributed by atoms with Gasteiger partial charge in [0.15, 0.2) is 5.58 Å². The molecular weight excluding hydrogens is 418 g/mol. The molecule has 33 heavy (non-hydrogen) atoms. The van der Waals surface area contributed by atoms with Crippen molar-refractivity contribution in [3.63, 3.8) is 0 Å².